The Morgan fingerprint density at radius 1 is 1.40 bits per heavy atom. The number of hydrogen-bond donors (Lipinski definition) is 2. The van der Waals surface area contributed by atoms with Crippen LogP contribution in [0.2, 0.25) is 0 Å². The minimum Gasteiger partial charge on any atom is -0.376 e. The van der Waals surface area contributed by atoms with E-state index in [0.29, 0.717) is 12.1 Å². The van der Waals surface area contributed by atoms with Crippen molar-refractivity contribution in [1.29, 1.82) is 0 Å². The summed E-state index contributed by atoms with van der Waals surface area (Å²) in [4.78, 5) is 3.08. The third-order valence-electron chi connectivity index (χ3n) is 3.45. The van der Waals surface area contributed by atoms with Crippen molar-refractivity contribution >= 4 is 0 Å². The summed E-state index contributed by atoms with van der Waals surface area (Å²) in [5, 5.41) is 3.61. The predicted octanol–water partition coefficient (Wildman–Crippen LogP) is 1.67. The van der Waals surface area contributed by atoms with Gasteiger partial charge in [-0.25, -0.2) is 0 Å². The maximum Gasteiger partial charge on any atom is 0.0757 e. The summed E-state index contributed by atoms with van der Waals surface area (Å²) < 4.78 is 5.79. The Kier molecular flexibility index (Phi) is 2.51. The van der Waals surface area contributed by atoms with Gasteiger partial charge in [0.1, 0.15) is 0 Å². The lowest BCUT2D eigenvalue weighted by molar-refractivity contribution is 0.0809. The Morgan fingerprint density at radius 2 is 2.33 bits per heavy atom. The van der Waals surface area contributed by atoms with Gasteiger partial charge in [-0.3, -0.25) is 0 Å². The molecule has 1 saturated heterocycles. The predicted molar refractivity (Wildman–Crippen MR) is 58.5 cm³/mol. The second kappa shape index (κ2) is 3.99. The first kappa shape index (κ1) is 9.43. The molecule has 1 aliphatic carbocycles. The fourth-order valence-electron chi connectivity index (χ4n) is 2.44. The molecule has 0 aromatic carbocycles. The van der Waals surface area contributed by atoms with Crippen LogP contribution in [0.25, 0.3) is 0 Å². The quantitative estimate of drug-likeness (QED) is 0.786. The number of aromatic amines is 1. The molecule has 2 atom stereocenters. The van der Waals surface area contributed by atoms with Crippen LogP contribution in [0, 0.1) is 5.92 Å². The summed E-state index contributed by atoms with van der Waals surface area (Å²) in [6, 6.07) is 2.70. The van der Waals surface area contributed by atoms with E-state index in [1.807, 2.05) is 6.20 Å². The van der Waals surface area contributed by atoms with Crippen LogP contribution in [0.4, 0.5) is 0 Å². The van der Waals surface area contributed by atoms with Gasteiger partial charge in [0, 0.05) is 31.6 Å². The van der Waals surface area contributed by atoms with Gasteiger partial charge >= 0.3 is 0 Å². The molecule has 1 aromatic heterocycles. The number of hydrogen-bond acceptors (Lipinski definition) is 2. The first-order valence-electron chi connectivity index (χ1n) is 5.90. The van der Waals surface area contributed by atoms with Crippen molar-refractivity contribution in [3.63, 3.8) is 0 Å². The number of aromatic nitrogens is 1. The minimum absolute atomic E-state index is 0.490. The van der Waals surface area contributed by atoms with E-state index < -0.39 is 0 Å². The fourth-order valence-corrected chi connectivity index (χ4v) is 2.44. The van der Waals surface area contributed by atoms with Crippen LogP contribution in [-0.2, 0) is 11.3 Å². The van der Waals surface area contributed by atoms with E-state index in [4.69, 9.17) is 4.74 Å². The highest BCUT2D eigenvalue weighted by Gasteiger charge is 2.40. The molecule has 0 spiro atoms. The van der Waals surface area contributed by atoms with Crippen LogP contribution < -0.4 is 5.32 Å². The standard InChI is InChI=1S/C12H18N2O/c1-2-10(1)12-11(4-6-15-12)14-8-9-3-5-13-7-9/h3,5,7,10-14H,1-2,4,6,8H2. The first-order chi connectivity index (χ1) is 7.43. The molecule has 2 N–H and O–H groups in total. The number of ether oxygens (including phenoxy) is 1. The molecule has 2 fully saturated rings. The monoisotopic (exact) mass is 206 g/mol. The summed E-state index contributed by atoms with van der Waals surface area (Å²) in [6.45, 7) is 1.90. The maximum atomic E-state index is 5.79. The number of H-pyrrole nitrogens is 1. The van der Waals surface area contributed by atoms with Gasteiger partial charge in [0.05, 0.1) is 6.10 Å². The van der Waals surface area contributed by atoms with E-state index in [1.54, 1.807) is 0 Å². The van der Waals surface area contributed by atoms with Crippen LogP contribution in [-0.4, -0.2) is 23.7 Å². The number of rotatable bonds is 4. The lowest BCUT2D eigenvalue weighted by atomic mass is 10.1. The van der Waals surface area contributed by atoms with E-state index in [2.05, 4.69) is 22.6 Å². The van der Waals surface area contributed by atoms with E-state index in [9.17, 15) is 0 Å². The third-order valence-corrected chi connectivity index (χ3v) is 3.45. The average molecular weight is 206 g/mol. The smallest absolute Gasteiger partial charge is 0.0757 e. The molecule has 0 radical (unpaired) electrons. The first-order valence-corrected chi connectivity index (χ1v) is 5.90. The normalized spacial score (nSPS) is 30.9. The summed E-state index contributed by atoms with van der Waals surface area (Å²) in [7, 11) is 0. The molecule has 3 heteroatoms. The van der Waals surface area contributed by atoms with Gasteiger partial charge in [0.15, 0.2) is 0 Å². The van der Waals surface area contributed by atoms with Crippen molar-refractivity contribution in [3.05, 3.63) is 24.0 Å². The molecule has 2 unspecified atom stereocenters. The average Bonchev–Trinajstić information content (AvgIpc) is 2.81. The van der Waals surface area contributed by atoms with E-state index >= 15 is 0 Å². The van der Waals surface area contributed by atoms with Crippen LogP contribution in [0.5, 0.6) is 0 Å². The van der Waals surface area contributed by atoms with Gasteiger partial charge in [-0.05, 0) is 36.8 Å². The zero-order chi connectivity index (χ0) is 10.1. The molecule has 82 valence electrons. The maximum absolute atomic E-state index is 5.79. The van der Waals surface area contributed by atoms with Gasteiger partial charge in [-0.2, -0.15) is 0 Å². The summed E-state index contributed by atoms with van der Waals surface area (Å²) in [5.74, 6) is 0.844. The van der Waals surface area contributed by atoms with Crippen molar-refractivity contribution < 1.29 is 4.74 Å². The molecule has 0 bridgehead atoms. The second-order valence-corrected chi connectivity index (χ2v) is 4.67. The molecule has 3 rings (SSSR count). The van der Waals surface area contributed by atoms with Crippen molar-refractivity contribution in [1.82, 2.24) is 10.3 Å². The molecule has 1 aromatic rings. The van der Waals surface area contributed by atoms with Gasteiger partial charge in [-0.1, -0.05) is 0 Å². The SMILES string of the molecule is c1cc(CNC2CCOC2C2CC2)c[nH]1. The fraction of sp³-hybridized carbons (Fsp3) is 0.667. The highest BCUT2D eigenvalue weighted by molar-refractivity contribution is 5.08. The molecule has 2 aliphatic rings. The van der Waals surface area contributed by atoms with Crippen molar-refractivity contribution in [2.45, 2.75) is 38.0 Å². The van der Waals surface area contributed by atoms with E-state index in [-0.39, 0.29) is 0 Å². The van der Waals surface area contributed by atoms with Crippen molar-refractivity contribution in [2.75, 3.05) is 6.61 Å². The molecule has 1 aliphatic heterocycles. The Bertz CT molecular complexity index is 305. The lowest BCUT2D eigenvalue weighted by Gasteiger charge is -2.19. The highest BCUT2D eigenvalue weighted by atomic mass is 16.5. The Hall–Kier alpha value is -0.800. The van der Waals surface area contributed by atoms with Crippen LogP contribution in [0.15, 0.2) is 18.5 Å². The van der Waals surface area contributed by atoms with E-state index in [1.165, 1.54) is 24.8 Å². The Labute approximate surface area is 90.2 Å². The molecule has 0 amide bonds. The van der Waals surface area contributed by atoms with Crippen molar-refractivity contribution in [2.24, 2.45) is 5.92 Å². The Morgan fingerprint density at radius 3 is 3.07 bits per heavy atom. The van der Waals surface area contributed by atoms with Gasteiger partial charge in [0.25, 0.3) is 0 Å². The summed E-state index contributed by atoms with van der Waals surface area (Å²) in [6.07, 6.45) is 8.42. The summed E-state index contributed by atoms with van der Waals surface area (Å²) >= 11 is 0. The molecule has 1 saturated carbocycles. The van der Waals surface area contributed by atoms with Gasteiger partial charge < -0.3 is 15.0 Å². The Balaban J connectivity index is 1.53. The zero-order valence-electron chi connectivity index (χ0n) is 8.91. The van der Waals surface area contributed by atoms with Crippen LogP contribution >= 0.6 is 0 Å². The number of nitrogens with one attached hydrogen (secondary N) is 2. The molecule has 3 nitrogen and oxygen atoms in total. The van der Waals surface area contributed by atoms with Gasteiger partial charge in [-0.15, -0.1) is 0 Å². The molecular formula is C12H18N2O. The van der Waals surface area contributed by atoms with Crippen LogP contribution in [0.1, 0.15) is 24.8 Å². The zero-order valence-corrected chi connectivity index (χ0v) is 8.91. The molecule has 2 heterocycles. The second-order valence-electron chi connectivity index (χ2n) is 4.67. The van der Waals surface area contributed by atoms with Crippen molar-refractivity contribution in [3.8, 4) is 0 Å². The van der Waals surface area contributed by atoms with Gasteiger partial charge in [0.2, 0.25) is 0 Å². The van der Waals surface area contributed by atoms with Crippen LogP contribution in [0.3, 0.4) is 0 Å². The summed E-state index contributed by atoms with van der Waals surface area (Å²) in [5.41, 5.74) is 1.33. The molecule has 15 heavy (non-hydrogen) atoms. The molecular weight excluding hydrogens is 188 g/mol. The largest absolute Gasteiger partial charge is 0.376 e. The lowest BCUT2D eigenvalue weighted by Crippen LogP contribution is -2.37. The minimum atomic E-state index is 0.490. The highest BCUT2D eigenvalue weighted by Crippen LogP contribution is 2.38. The topological polar surface area (TPSA) is 37.0 Å². The third kappa shape index (κ3) is 2.08. The van der Waals surface area contributed by atoms with E-state index in [0.717, 1.165) is 19.1 Å².